The summed E-state index contributed by atoms with van der Waals surface area (Å²) >= 11 is 0. The summed E-state index contributed by atoms with van der Waals surface area (Å²) in [5.41, 5.74) is 8.49. The van der Waals surface area contributed by atoms with E-state index in [1.54, 1.807) is 60.9 Å². The topological polar surface area (TPSA) is 115 Å². The van der Waals surface area contributed by atoms with E-state index in [0.717, 1.165) is 5.56 Å². The summed E-state index contributed by atoms with van der Waals surface area (Å²) in [5, 5.41) is 2.83. The zero-order valence-corrected chi connectivity index (χ0v) is 18.4. The van der Waals surface area contributed by atoms with E-state index in [2.05, 4.69) is 10.3 Å². The molecular weight excluding hydrogens is 439 g/mol. The third-order valence-electron chi connectivity index (χ3n) is 5.63. The van der Waals surface area contributed by atoms with Gasteiger partial charge in [-0.2, -0.15) is 0 Å². The summed E-state index contributed by atoms with van der Waals surface area (Å²) in [7, 11) is 0. The van der Waals surface area contributed by atoms with Crippen LogP contribution in [-0.4, -0.2) is 41.5 Å². The van der Waals surface area contributed by atoms with Crippen LogP contribution in [0, 0.1) is 5.82 Å². The molecule has 174 valence electrons. The van der Waals surface area contributed by atoms with E-state index in [1.165, 1.54) is 17.9 Å². The van der Waals surface area contributed by atoms with Gasteiger partial charge in [-0.25, -0.2) is 9.18 Å². The highest BCUT2D eigenvalue weighted by atomic mass is 19.1. The van der Waals surface area contributed by atoms with Gasteiger partial charge in [-0.3, -0.25) is 19.5 Å². The molecule has 1 aliphatic rings. The van der Waals surface area contributed by atoms with Crippen molar-refractivity contribution in [1.29, 1.82) is 0 Å². The van der Waals surface area contributed by atoms with E-state index in [1.807, 2.05) is 0 Å². The average molecular weight is 462 g/mol. The second-order valence-corrected chi connectivity index (χ2v) is 7.95. The molecule has 0 aliphatic carbocycles. The van der Waals surface area contributed by atoms with Crippen LogP contribution in [0.15, 0.2) is 67.0 Å². The number of nitrogens with zero attached hydrogens (tertiary/aromatic N) is 2. The van der Waals surface area contributed by atoms with Gasteiger partial charge in [0.25, 0.3) is 5.91 Å². The lowest BCUT2D eigenvalue weighted by Gasteiger charge is -2.16. The standard InChI is InChI=1S/C25H23FN4O4/c1-15(31)23(27)22-14-30(25(33)34-22)19-6-7-20(21(26)12-19)17-4-2-16(3-5-17)13-29-24(32)18-8-10-28-11-9-18/h2-12,22-23H,13-14,27H2,1H3,(H,29,32)/t22?,23-/m1/s1. The smallest absolute Gasteiger partial charge is 0.414 e. The Hall–Kier alpha value is -4.11. The van der Waals surface area contributed by atoms with E-state index < -0.39 is 24.1 Å². The lowest BCUT2D eigenvalue weighted by atomic mass is 10.0. The summed E-state index contributed by atoms with van der Waals surface area (Å²) in [4.78, 5) is 41.0. The van der Waals surface area contributed by atoms with Gasteiger partial charge in [0.05, 0.1) is 12.2 Å². The van der Waals surface area contributed by atoms with Crippen LogP contribution < -0.4 is 16.0 Å². The van der Waals surface area contributed by atoms with E-state index >= 15 is 0 Å². The van der Waals surface area contributed by atoms with Crippen LogP contribution in [0.4, 0.5) is 14.9 Å². The van der Waals surface area contributed by atoms with Crippen molar-refractivity contribution in [3.05, 3.63) is 83.9 Å². The van der Waals surface area contributed by atoms with Crippen molar-refractivity contribution in [2.45, 2.75) is 25.6 Å². The SMILES string of the molecule is CC(=O)[C@@H](N)C1CN(c2ccc(-c3ccc(CNC(=O)c4ccncc4)cc3)c(F)c2)C(=O)O1. The Morgan fingerprint density at radius 1 is 1.18 bits per heavy atom. The van der Waals surface area contributed by atoms with Crippen molar-refractivity contribution >= 4 is 23.5 Å². The van der Waals surface area contributed by atoms with Gasteiger partial charge in [-0.15, -0.1) is 0 Å². The van der Waals surface area contributed by atoms with Gasteiger partial charge in [0, 0.05) is 30.1 Å². The minimum Gasteiger partial charge on any atom is -0.442 e. The van der Waals surface area contributed by atoms with Gasteiger partial charge in [-0.1, -0.05) is 24.3 Å². The molecule has 1 saturated heterocycles. The van der Waals surface area contributed by atoms with Crippen LogP contribution in [0.2, 0.25) is 0 Å². The molecule has 0 spiro atoms. The number of cyclic esters (lactones) is 1. The molecule has 4 rings (SSSR count). The molecule has 3 aromatic rings. The molecule has 34 heavy (non-hydrogen) atoms. The van der Waals surface area contributed by atoms with E-state index in [-0.39, 0.29) is 18.2 Å². The first-order valence-corrected chi connectivity index (χ1v) is 10.6. The first kappa shape index (κ1) is 23.1. The van der Waals surface area contributed by atoms with Gasteiger partial charge in [0.1, 0.15) is 23.7 Å². The number of nitrogens with one attached hydrogen (secondary N) is 1. The number of hydrogen-bond donors (Lipinski definition) is 2. The van der Waals surface area contributed by atoms with E-state index in [9.17, 15) is 18.8 Å². The Kier molecular flexibility index (Phi) is 6.65. The number of anilines is 1. The molecule has 0 radical (unpaired) electrons. The molecule has 0 bridgehead atoms. The lowest BCUT2D eigenvalue weighted by Crippen LogP contribution is -2.43. The van der Waals surface area contributed by atoms with Crippen molar-refractivity contribution in [2.75, 3.05) is 11.4 Å². The molecule has 3 N–H and O–H groups in total. The molecule has 8 nitrogen and oxygen atoms in total. The summed E-state index contributed by atoms with van der Waals surface area (Å²) in [6.45, 7) is 1.72. The number of aromatic nitrogens is 1. The van der Waals surface area contributed by atoms with Gasteiger partial charge >= 0.3 is 6.09 Å². The van der Waals surface area contributed by atoms with Crippen LogP contribution in [0.1, 0.15) is 22.8 Å². The van der Waals surface area contributed by atoms with Crippen LogP contribution in [-0.2, 0) is 16.1 Å². The number of nitrogens with two attached hydrogens (primary N) is 1. The molecule has 1 unspecified atom stereocenters. The molecule has 1 aliphatic heterocycles. The predicted molar refractivity (Wildman–Crippen MR) is 124 cm³/mol. The van der Waals surface area contributed by atoms with Crippen LogP contribution in [0.5, 0.6) is 0 Å². The van der Waals surface area contributed by atoms with Gasteiger partial charge < -0.3 is 15.8 Å². The average Bonchev–Trinajstić information content (AvgIpc) is 3.24. The van der Waals surface area contributed by atoms with E-state index in [4.69, 9.17) is 10.5 Å². The normalized spacial score (nSPS) is 16.1. The summed E-state index contributed by atoms with van der Waals surface area (Å²) in [6, 6.07) is 13.9. The third-order valence-corrected chi connectivity index (χ3v) is 5.63. The minimum absolute atomic E-state index is 0.0677. The van der Waals surface area contributed by atoms with E-state index in [0.29, 0.717) is 28.9 Å². The fraction of sp³-hybridized carbons (Fsp3) is 0.200. The Bertz CT molecular complexity index is 1220. The maximum atomic E-state index is 14.9. The number of carbonyl (C=O) groups is 3. The molecule has 2 aromatic carbocycles. The molecule has 2 atom stereocenters. The number of ketones is 1. The number of Topliss-reactive ketones (excluding diaryl/α,β-unsaturated/α-hetero) is 1. The largest absolute Gasteiger partial charge is 0.442 e. The van der Waals surface area contributed by atoms with Crippen molar-refractivity contribution < 1.29 is 23.5 Å². The van der Waals surface area contributed by atoms with Crippen molar-refractivity contribution in [3.8, 4) is 11.1 Å². The van der Waals surface area contributed by atoms with Crippen LogP contribution in [0.3, 0.4) is 0 Å². The minimum atomic E-state index is -0.925. The van der Waals surface area contributed by atoms with Gasteiger partial charge in [0.2, 0.25) is 0 Å². The number of halogens is 1. The molecule has 0 saturated carbocycles. The van der Waals surface area contributed by atoms with Gasteiger partial charge in [-0.05, 0) is 48.4 Å². The second-order valence-electron chi connectivity index (χ2n) is 7.95. The van der Waals surface area contributed by atoms with Crippen molar-refractivity contribution in [2.24, 2.45) is 5.73 Å². The van der Waals surface area contributed by atoms with Crippen molar-refractivity contribution in [3.63, 3.8) is 0 Å². The Balaban J connectivity index is 1.42. The molecule has 2 amide bonds. The molecule has 1 fully saturated rings. The Morgan fingerprint density at radius 3 is 2.53 bits per heavy atom. The van der Waals surface area contributed by atoms with Crippen LogP contribution in [0.25, 0.3) is 11.1 Å². The number of hydrogen-bond acceptors (Lipinski definition) is 6. The number of benzene rings is 2. The Morgan fingerprint density at radius 2 is 1.88 bits per heavy atom. The maximum Gasteiger partial charge on any atom is 0.414 e. The first-order valence-electron chi connectivity index (χ1n) is 10.6. The number of pyridine rings is 1. The van der Waals surface area contributed by atoms with Crippen molar-refractivity contribution in [1.82, 2.24) is 10.3 Å². The monoisotopic (exact) mass is 462 g/mol. The van der Waals surface area contributed by atoms with Crippen LogP contribution >= 0.6 is 0 Å². The number of amides is 2. The summed E-state index contributed by atoms with van der Waals surface area (Å²) < 4.78 is 20.1. The third kappa shape index (κ3) is 4.94. The summed E-state index contributed by atoms with van der Waals surface area (Å²) in [5.74, 6) is -1.01. The molecule has 2 heterocycles. The fourth-order valence-electron chi connectivity index (χ4n) is 3.64. The molecule has 9 heteroatoms. The fourth-order valence-corrected chi connectivity index (χ4v) is 3.64. The number of ether oxygens (including phenoxy) is 1. The Labute approximate surface area is 195 Å². The lowest BCUT2D eigenvalue weighted by molar-refractivity contribution is -0.120. The maximum absolute atomic E-state index is 14.9. The second kappa shape index (κ2) is 9.80. The highest BCUT2D eigenvalue weighted by Gasteiger charge is 2.37. The molecular formula is C25H23FN4O4. The predicted octanol–water partition coefficient (Wildman–Crippen LogP) is 3.06. The summed E-state index contributed by atoms with van der Waals surface area (Å²) in [6.07, 6.45) is 1.65. The highest BCUT2D eigenvalue weighted by molar-refractivity contribution is 5.94. The number of carbonyl (C=O) groups excluding carboxylic acids is 3. The zero-order chi connectivity index (χ0) is 24.2. The quantitative estimate of drug-likeness (QED) is 0.558. The molecule has 1 aromatic heterocycles. The number of rotatable bonds is 7. The zero-order valence-electron chi connectivity index (χ0n) is 18.4. The first-order chi connectivity index (χ1) is 16.3. The van der Waals surface area contributed by atoms with Gasteiger partial charge in [0.15, 0.2) is 0 Å². The highest BCUT2D eigenvalue weighted by Crippen LogP contribution is 2.29.